The molecule has 0 aliphatic carbocycles. The Morgan fingerprint density at radius 2 is 2.04 bits per heavy atom. The van der Waals surface area contributed by atoms with Gasteiger partial charge in [0.25, 0.3) is 5.56 Å². The van der Waals surface area contributed by atoms with E-state index in [1.807, 2.05) is 6.92 Å². The summed E-state index contributed by atoms with van der Waals surface area (Å²) in [7, 11) is 0. The predicted molar refractivity (Wildman–Crippen MR) is 82.8 cm³/mol. The van der Waals surface area contributed by atoms with Crippen LogP contribution in [0.3, 0.4) is 0 Å². The molecule has 2 atom stereocenters. The molecule has 0 spiro atoms. The van der Waals surface area contributed by atoms with Crippen LogP contribution in [0.25, 0.3) is 10.9 Å². The summed E-state index contributed by atoms with van der Waals surface area (Å²) in [4.78, 5) is 35.5. The number of rotatable bonds is 6. The molecular weight excluding hydrogens is 300 g/mol. The molecule has 1 amide bonds. The zero-order valence-electron chi connectivity index (χ0n) is 12.9. The molecule has 0 bridgehead atoms. The second-order valence-electron chi connectivity index (χ2n) is 5.34. The van der Waals surface area contributed by atoms with Crippen molar-refractivity contribution in [2.45, 2.75) is 32.9 Å². The van der Waals surface area contributed by atoms with E-state index in [2.05, 4.69) is 15.6 Å². The van der Waals surface area contributed by atoms with Gasteiger partial charge in [-0.05, 0) is 18.1 Å². The molecule has 0 saturated carbocycles. The number of hydrogen-bond acceptors (Lipinski definition) is 5. The highest BCUT2D eigenvalue weighted by Crippen LogP contribution is 2.08. The molecule has 2 N–H and O–H groups in total. The van der Waals surface area contributed by atoms with Gasteiger partial charge >= 0.3 is 5.97 Å². The van der Waals surface area contributed by atoms with Crippen molar-refractivity contribution in [1.82, 2.24) is 20.3 Å². The summed E-state index contributed by atoms with van der Waals surface area (Å²) in [6.45, 7) is 3.20. The molecule has 0 fully saturated rings. The molecule has 2 rings (SSSR count). The molecule has 122 valence electrons. The summed E-state index contributed by atoms with van der Waals surface area (Å²) in [5, 5.41) is 19.5. The molecule has 23 heavy (non-hydrogen) atoms. The highest BCUT2D eigenvalue weighted by Gasteiger charge is 2.25. The van der Waals surface area contributed by atoms with Crippen molar-refractivity contribution in [3.8, 4) is 0 Å². The van der Waals surface area contributed by atoms with Gasteiger partial charge in [0.2, 0.25) is 5.91 Å². The third kappa shape index (κ3) is 3.71. The van der Waals surface area contributed by atoms with E-state index in [1.165, 1.54) is 0 Å². The van der Waals surface area contributed by atoms with Crippen LogP contribution in [-0.2, 0) is 16.1 Å². The summed E-state index contributed by atoms with van der Waals surface area (Å²) in [5.41, 5.74) is -0.00154. The smallest absolute Gasteiger partial charge is 0.326 e. The van der Waals surface area contributed by atoms with Crippen LogP contribution in [0.2, 0.25) is 0 Å². The van der Waals surface area contributed by atoms with Gasteiger partial charge in [0.1, 0.15) is 18.1 Å². The quantitative estimate of drug-likeness (QED) is 0.797. The lowest BCUT2D eigenvalue weighted by Crippen LogP contribution is -2.47. The Kier molecular flexibility index (Phi) is 5.05. The molecule has 0 aliphatic heterocycles. The van der Waals surface area contributed by atoms with Gasteiger partial charge < -0.3 is 10.4 Å². The number of benzene rings is 1. The van der Waals surface area contributed by atoms with Crippen molar-refractivity contribution in [1.29, 1.82) is 0 Å². The van der Waals surface area contributed by atoms with E-state index in [4.69, 9.17) is 0 Å². The van der Waals surface area contributed by atoms with Gasteiger partial charge in [-0.15, -0.1) is 5.10 Å². The summed E-state index contributed by atoms with van der Waals surface area (Å²) >= 11 is 0. The van der Waals surface area contributed by atoms with E-state index in [0.717, 1.165) is 4.68 Å². The summed E-state index contributed by atoms with van der Waals surface area (Å²) in [6, 6.07) is 5.67. The topological polar surface area (TPSA) is 114 Å². The average Bonchev–Trinajstić information content (AvgIpc) is 2.54. The number of nitrogens with zero attached hydrogens (tertiary/aromatic N) is 3. The van der Waals surface area contributed by atoms with Gasteiger partial charge in [-0.3, -0.25) is 9.59 Å². The van der Waals surface area contributed by atoms with Crippen molar-refractivity contribution in [2.24, 2.45) is 5.92 Å². The number of carbonyl (C=O) groups excluding carboxylic acids is 1. The molecule has 1 heterocycles. The second-order valence-corrected chi connectivity index (χ2v) is 5.34. The van der Waals surface area contributed by atoms with E-state index in [1.54, 1.807) is 31.2 Å². The summed E-state index contributed by atoms with van der Waals surface area (Å²) in [5.74, 6) is -1.93. The first-order valence-electron chi connectivity index (χ1n) is 7.28. The lowest BCUT2D eigenvalue weighted by Gasteiger charge is -2.20. The number of amides is 1. The van der Waals surface area contributed by atoms with Gasteiger partial charge in [0.05, 0.1) is 5.39 Å². The van der Waals surface area contributed by atoms with Gasteiger partial charge in [0, 0.05) is 0 Å². The van der Waals surface area contributed by atoms with Crippen LogP contribution in [0, 0.1) is 5.92 Å². The van der Waals surface area contributed by atoms with Gasteiger partial charge in [-0.1, -0.05) is 37.6 Å². The Balaban J connectivity index is 2.19. The van der Waals surface area contributed by atoms with Crippen molar-refractivity contribution >= 4 is 22.8 Å². The zero-order chi connectivity index (χ0) is 17.0. The number of carboxylic acids is 1. The number of hydrogen-bond donors (Lipinski definition) is 2. The Bertz CT molecular complexity index is 786. The van der Waals surface area contributed by atoms with Crippen LogP contribution in [-0.4, -0.2) is 38.0 Å². The highest BCUT2D eigenvalue weighted by atomic mass is 16.4. The third-order valence-corrected chi connectivity index (χ3v) is 3.72. The van der Waals surface area contributed by atoms with Crippen LogP contribution in [0.1, 0.15) is 20.3 Å². The molecule has 0 radical (unpaired) electrons. The monoisotopic (exact) mass is 318 g/mol. The molecule has 0 saturated heterocycles. The van der Waals surface area contributed by atoms with E-state index in [9.17, 15) is 19.5 Å². The first-order chi connectivity index (χ1) is 10.9. The fourth-order valence-corrected chi connectivity index (χ4v) is 2.17. The first kappa shape index (κ1) is 16.6. The van der Waals surface area contributed by atoms with E-state index < -0.39 is 23.5 Å². The van der Waals surface area contributed by atoms with Crippen LogP contribution in [0.15, 0.2) is 29.1 Å². The van der Waals surface area contributed by atoms with Crippen LogP contribution in [0.5, 0.6) is 0 Å². The molecule has 1 aromatic carbocycles. The normalized spacial score (nSPS) is 13.5. The van der Waals surface area contributed by atoms with E-state index in [0.29, 0.717) is 17.3 Å². The fourth-order valence-electron chi connectivity index (χ4n) is 2.17. The first-order valence-corrected chi connectivity index (χ1v) is 7.28. The minimum absolute atomic E-state index is 0.226. The summed E-state index contributed by atoms with van der Waals surface area (Å²) < 4.78 is 0.924. The fraction of sp³-hybridized carbons (Fsp3) is 0.400. The van der Waals surface area contributed by atoms with Crippen LogP contribution in [0.4, 0.5) is 0 Å². The summed E-state index contributed by atoms with van der Waals surface area (Å²) in [6.07, 6.45) is 0.604. The lowest BCUT2D eigenvalue weighted by molar-refractivity contribution is -0.143. The van der Waals surface area contributed by atoms with Gasteiger partial charge in [-0.2, -0.15) is 0 Å². The average molecular weight is 318 g/mol. The van der Waals surface area contributed by atoms with Crippen LogP contribution >= 0.6 is 0 Å². The predicted octanol–water partition coefficient (Wildman–Crippen LogP) is 0.407. The Hall–Kier alpha value is -2.77. The van der Waals surface area contributed by atoms with Crippen molar-refractivity contribution in [2.75, 3.05) is 0 Å². The minimum atomic E-state index is -1.11. The van der Waals surface area contributed by atoms with Crippen molar-refractivity contribution in [3.05, 3.63) is 34.6 Å². The van der Waals surface area contributed by atoms with E-state index >= 15 is 0 Å². The van der Waals surface area contributed by atoms with Crippen LogP contribution < -0.4 is 10.9 Å². The second kappa shape index (κ2) is 6.99. The number of carboxylic acid groups (broad SMARTS) is 1. The third-order valence-electron chi connectivity index (χ3n) is 3.72. The zero-order valence-corrected chi connectivity index (χ0v) is 12.9. The molecular formula is C15H18N4O4. The van der Waals surface area contributed by atoms with E-state index in [-0.39, 0.29) is 12.5 Å². The number of aliphatic carboxylic acids is 1. The molecule has 8 nitrogen and oxygen atoms in total. The Labute approximate surface area is 132 Å². The molecule has 8 heteroatoms. The van der Waals surface area contributed by atoms with Crippen molar-refractivity contribution < 1.29 is 14.7 Å². The molecule has 2 aromatic rings. The van der Waals surface area contributed by atoms with Gasteiger partial charge in [-0.25, -0.2) is 9.48 Å². The number of fused-ring (bicyclic) bond motifs is 1. The Morgan fingerprint density at radius 1 is 1.35 bits per heavy atom. The minimum Gasteiger partial charge on any atom is -0.480 e. The highest BCUT2D eigenvalue weighted by molar-refractivity contribution is 5.84. The number of nitrogens with one attached hydrogen (secondary N) is 1. The standard InChI is InChI=1S/C15H18N4O4/c1-3-9(2)13(15(22)23)16-12(20)8-19-14(21)10-6-4-5-7-11(10)17-18-19/h4-7,9,13H,3,8H2,1-2H3,(H,16,20)(H,22,23)/t9-,13+/m1/s1. The Morgan fingerprint density at radius 3 is 2.70 bits per heavy atom. The number of carbonyl (C=O) groups is 2. The number of aromatic nitrogens is 3. The molecule has 1 aromatic heterocycles. The maximum absolute atomic E-state index is 12.2. The lowest BCUT2D eigenvalue weighted by atomic mass is 9.99. The maximum atomic E-state index is 12.2. The molecule has 0 unspecified atom stereocenters. The van der Waals surface area contributed by atoms with Crippen molar-refractivity contribution in [3.63, 3.8) is 0 Å². The SMILES string of the molecule is CC[C@@H](C)[C@H](NC(=O)Cn1nnc2ccccc2c1=O)C(=O)O. The maximum Gasteiger partial charge on any atom is 0.326 e. The van der Waals surface area contributed by atoms with Gasteiger partial charge in [0.15, 0.2) is 0 Å². The molecule has 0 aliphatic rings. The largest absolute Gasteiger partial charge is 0.480 e.